The number of furan rings is 3. The van der Waals surface area contributed by atoms with Crippen LogP contribution in [0.25, 0.3) is 110 Å². The molecule has 0 unspecified atom stereocenters. The van der Waals surface area contributed by atoms with Crippen LogP contribution < -0.4 is 0 Å². The third-order valence-corrected chi connectivity index (χ3v) is 10.3. The van der Waals surface area contributed by atoms with E-state index in [-0.39, 0.29) is 0 Å². The highest BCUT2D eigenvalue weighted by atomic mass is 16.3. The summed E-state index contributed by atoms with van der Waals surface area (Å²) in [6, 6.07) is 59.5. The topological polar surface area (TPSA) is 39.4 Å². The molecule has 8 aromatic carbocycles. The van der Waals surface area contributed by atoms with Crippen molar-refractivity contribution < 1.29 is 13.3 Å². The van der Waals surface area contributed by atoms with Crippen molar-refractivity contribution in [3.63, 3.8) is 0 Å². The minimum atomic E-state index is 0.828. The van der Waals surface area contributed by atoms with Crippen molar-refractivity contribution in [2.45, 2.75) is 0 Å². The van der Waals surface area contributed by atoms with Gasteiger partial charge in [-0.3, -0.25) is 0 Å². The molecule has 0 fully saturated rings. The molecule has 3 heterocycles. The van der Waals surface area contributed by atoms with Crippen LogP contribution in [0, 0.1) is 0 Å². The first-order chi connectivity index (χ1) is 25.2. The Kier molecular flexibility index (Phi) is 5.96. The van der Waals surface area contributed by atoms with E-state index in [0.717, 1.165) is 99.2 Å². The molecule has 0 N–H and O–H groups in total. The minimum absolute atomic E-state index is 0.828. The number of rotatable bonds is 4. The van der Waals surface area contributed by atoms with E-state index >= 15 is 0 Å². The van der Waals surface area contributed by atoms with Gasteiger partial charge in [-0.1, -0.05) is 115 Å². The number of hydrogen-bond donors (Lipinski definition) is 0. The van der Waals surface area contributed by atoms with E-state index in [4.69, 9.17) is 13.3 Å². The van der Waals surface area contributed by atoms with Gasteiger partial charge >= 0.3 is 0 Å². The Morgan fingerprint density at radius 1 is 0.255 bits per heavy atom. The predicted octanol–water partition coefficient (Wildman–Crippen LogP) is 14.1. The van der Waals surface area contributed by atoms with Gasteiger partial charge in [-0.15, -0.1) is 0 Å². The second-order valence-corrected chi connectivity index (χ2v) is 13.2. The lowest BCUT2D eigenvalue weighted by atomic mass is 9.94. The zero-order valence-electron chi connectivity index (χ0n) is 27.4. The minimum Gasteiger partial charge on any atom is -0.456 e. The van der Waals surface area contributed by atoms with E-state index in [0.29, 0.717) is 0 Å². The van der Waals surface area contributed by atoms with Gasteiger partial charge in [0.15, 0.2) is 0 Å². The fraction of sp³-hybridized carbons (Fsp3) is 0. The van der Waals surface area contributed by atoms with Crippen LogP contribution >= 0.6 is 0 Å². The van der Waals surface area contributed by atoms with Crippen molar-refractivity contribution in [1.29, 1.82) is 0 Å². The van der Waals surface area contributed by atoms with Crippen LogP contribution in [0.4, 0.5) is 0 Å². The quantitative estimate of drug-likeness (QED) is 0.190. The van der Waals surface area contributed by atoms with Crippen LogP contribution in [-0.4, -0.2) is 0 Å². The first-order valence-electron chi connectivity index (χ1n) is 17.2. The molecule has 0 aliphatic heterocycles. The molecular formula is C48H28O3. The van der Waals surface area contributed by atoms with Gasteiger partial charge in [0.2, 0.25) is 0 Å². The molecule has 0 saturated carbocycles. The molecule has 51 heavy (non-hydrogen) atoms. The van der Waals surface area contributed by atoms with Gasteiger partial charge in [-0.25, -0.2) is 0 Å². The molecule has 0 spiro atoms. The van der Waals surface area contributed by atoms with Crippen LogP contribution in [-0.2, 0) is 0 Å². The fourth-order valence-electron chi connectivity index (χ4n) is 7.81. The van der Waals surface area contributed by atoms with Gasteiger partial charge in [0.1, 0.15) is 33.5 Å². The van der Waals surface area contributed by atoms with Crippen molar-refractivity contribution in [2.75, 3.05) is 0 Å². The normalized spacial score (nSPS) is 11.9. The molecule has 238 valence electrons. The van der Waals surface area contributed by atoms with Gasteiger partial charge in [-0.2, -0.15) is 0 Å². The highest BCUT2D eigenvalue weighted by Crippen LogP contribution is 2.47. The molecule has 3 heteroatoms. The molecule has 0 saturated heterocycles. The average molecular weight is 653 g/mol. The van der Waals surface area contributed by atoms with Crippen molar-refractivity contribution in [3.8, 4) is 44.5 Å². The third-order valence-electron chi connectivity index (χ3n) is 10.3. The van der Waals surface area contributed by atoms with E-state index in [9.17, 15) is 0 Å². The van der Waals surface area contributed by atoms with Gasteiger partial charge in [0, 0.05) is 37.9 Å². The lowest BCUT2D eigenvalue weighted by Gasteiger charge is -2.07. The number of fused-ring (bicyclic) bond motifs is 9. The molecule has 3 aromatic heterocycles. The Labute approximate surface area is 292 Å². The summed E-state index contributed by atoms with van der Waals surface area (Å²) in [5, 5.41) is 6.31. The summed E-state index contributed by atoms with van der Waals surface area (Å²) in [5.41, 5.74) is 14.1. The Hall–Kier alpha value is -6.84. The van der Waals surface area contributed by atoms with Gasteiger partial charge in [0.05, 0.1) is 0 Å². The maximum absolute atomic E-state index is 6.86. The summed E-state index contributed by atoms with van der Waals surface area (Å²) < 4.78 is 19.9. The van der Waals surface area contributed by atoms with Crippen molar-refractivity contribution >= 4 is 65.8 Å². The molecule has 0 radical (unpaired) electrons. The second-order valence-electron chi connectivity index (χ2n) is 13.2. The third kappa shape index (κ3) is 4.38. The SMILES string of the molecule is c1ccc(-c2ccc3oc4ccc(-c5c6oc7ccc(-c8ccccc8)cc7c6cc6oc7ccc(-c8ccccc8)cc7c56)cc4c3c2)cc1. The predicted molar refractivity (Wildman–Crippen MR) is 210 cm³/mol. The standard InChI is InChI=1S/C48H28O3/c1-4-10-29(11-5-1)32-16-20-41-36(24-32)37-27-35(19-23-42(37)49-41)46-47-40-26-34(31-14-8-3-9-15-31)18-22-44(40)50-45(47)28-39-38-25-33(30-12-6-2-7-13-30)17-21-43(38)51-48(39)46/h1-28H. The van der Waals surface area contributed by atoms with Crippen LogP contribution in [0.1, 0.15) is 0 Å². The molecular weight excluding hydrogens is 625 g/mol. The lowest BCUT2D eigenvalue weighted by Crippen LogP contribution is -1.83. The molecule has 0 bridgehead atoms. The Balaban J connectivity index is 1.22. The number of hydrogen-bond acceptors (Lipinski definition) is 3. The first-order valence-corrected chi connectivity index (χ1v) is 17.2. The zero-order chi connectivity index (χ0) is 33.5. The molecule has 3 nitrogen and oxygen atoms in total. The maximum atomic E-state index is 6.86. The molecule has 0 aliphatic carbocycles. The van der Waals surface area contributed by atoms with Crippen molar-refractivity contribution in [3.05, 3.63) is 170 Å². The van der Waals surface area contributed by atoms with Crippen LogP contribution in [0.15, 0.2) is 183 Å². The van der Waals surface area contributed by atoms with Crippen LogP contribution in [0.5, 0.6) is 0 Å². The van der Waals surface area contributed by atoms with E-state index in [1.165, 1.54) is 11.1 Å². The largest absolute Gasteiger partial charge is 0.456 e. The summed E-state index contributed by atoms with van der Waals surface area (Å²) >= 11 is 0. The molecule has 0 atom stereocenters. The molecule has 0 amide bonds. The van der Waals surface area contributed by atoms with Gasteiger partial charge in [0.25, 0.3) is 0 Å². The van der Waals surface area contributed by atoms with Gasteiger partial charge in [-0.05, 0) is 93.5 Å². The maximum Gasteiger partial charge on any atom is 0.144 e. The molecule has 0 aliphatic rings. The summed E-state index contributed by atoms with van der Waals surface area (Å²) in [4.78, 5) is 0. The van der Waals surface area contributed by atoms with Crippen LogP contribution in [0.2, 0.25) is 0 Å². The Morgan fingerprint density at radius 3 is 1.18 bits per heavy atom. The average Bonchev–Trinajstić information content (AvgIpc) is 3.88. The first kappa shape index (κ1) is 28.0. The highest BCUT2D eigenvalue weighted by molar-refractivity contribution is 6.24. The monoisotopic (exact) mass is 652 g/mol. The van der Waals surface area contributed by atoms with Gasteiger partial charge < -0.3 is 13.3 Å². The van der Waals surface area contributed by atoms with E-state index in [2.05, 4.69) is 152 Å². The Morgan fingerprint density at radius 2 is 0.647 bits per heavy atom. The second kappa shape index (κ2) is 10.8. The van der Waals surface area contributed by atoms with Crippen LogP contribution in [0.3, 0.4) is 0 Å². The summed E-state index contributed by atoms with van der Waals surface area (Å²) in [6.45, 7) is 0. The van der Waals surface area contributed by atoms with E-state index < -0.39 is 0 Å². The Bertz CT molecular complexity index is 3100. The zero-order valence-corrected chi connectivity index (χ0v) is 27.4. The summed E-state index contributed by atoms with van der Waals surface area (Å²) in [5.74, 6) is 0. The summed E-state index contributed by atoms with van der Waals surface area (Å²) in [7, 11) is 0. The lowest BCUT2D eigenvalue weighted by molar-refractivity contribution is 0.664. The molecule has 11 aromatic rings. The van der Waals surface area contributed by atoms with E-state index in [1.54, 1.807) is 0 Å². The molecule has 11 rings (SSSR count). The van der Waals surface area contributed by atoms with E-state index in [1.807, 2.05) is 18.2 Å². The van der Waals surface area contributed by atoms with Crippen molar-refractivity contribution in [1.82, 2.24) is 0 Å². The number of benzene rings is 8. The highest BCUT2D eigenvalue weighted by Gasteiger charge is 2.23. The fourth-order valence-corrected chi connectivity index (χ4v) is 7.81. The summed E-state index contributed by atoms with van der Waals surface area (Å²) in [6.07, 6.45) is 0. The smallest absolute Gasteiger partial charge is 0.144 e. The van der Waals surface area contributed by atoms with Crippen molar-refractivity contribution in [2.24, 2.45) is 0 Å².